The first-order valence-electron chi connectivity index (χ1n) is 4.46. The van der Waals surface area contributed by atoms with Gasteiger partial charge in [0.1, 0.15) is 0 Å². The van der Waals surface area contributed by atoms with Gasteiger partial charge in [-0.25, -0.2) is 0 Å². The molecule has 0 saturated carbocycles. The van der Waals surface area contributed by atoms with E-state index in [0.717, 1.165) is 11.3 Å². The Labute approximate surface area is 79.2 Å². The van der Waals surface area contributed by atoms with Crippen molar-refractivity contribution in [1.82, 2.24) is 0 Å². The van der Waals surface area contributed by atoms with Crippen molar-refractivity contribution in [2.24, 2.45) is 5.41 Å². The molecule has 1 heterocycles. The van der Waals surface area contributed by atoms with E-state index in [1.54, 1.807) is 0 Å². The fourth-order valence-electron chi connectivity index (χ4n) is 1.28. The Morgan fingerprint density at radius 1 is 1.58 bits per heavy atom. The van der Waals surface area contributed by atoms with Gasteiger partial charge in [-0.1, -0.05) is 26.8 Å². The van der Waals surface area contributed by atoms with Crippen LogP contribution in [0.4, 0.5) is 0 Å². The van der Waals surface area contributed by atoms with Crippen LogP contribution in [0.2, 0.25) is 0 Å². The molecule has 0 radical (unpaired) electrons. The fraction of sp³-hybridized carbons (Fsp3) is 0.800. The first-order valence-corrected chi connectivity index (χ1v) is 5.34. The minimum atomic E-state index is -0.276. The molecule has 0 amide bonds. The average molecular weight is 186 g/mol. The highest BCUT2D eigenvalue weighted by Gasteiger charge is 2.30. The first kappa shape index (κ1) is 10.1. The zero-order chi connectivity index (χ0) is 9.35. The summed E-state index contributed by atoms with van der Waals surface area (Å²) in [5, 5.41) is 9.99. The Morgan fingerprint density at radius 2 is 2.17 bits per heavy atom. The van der Waals surface area contributed by atoms with E-state index in [-0.39, 0.29) is 6.10 Å². The van der Waals surface area contributed by atoms with Crippen molar-refractivity contribution in [3.8, 4) is 0 Å². The van der Waals surface area contributed by atoms with Crippen LogP contribution in [0, 0.1) is 5.41 Å². The van der Waals surface area contributed by atoms with Crippen LogP contribution < -0.4 is 0 Å². The van der Waals surface area contributed by atoms with Crippen LogP contribution in [0.25, 0.3) is 0 Å². The van der Waals surface area contributed by atoms with Crippen molar-refractivity contribution in [2.75, 3.05) is 0 Å². The van der Waals surface area contributed by atoms with Gasteiger partial charge in [-0.3, -0.25) is 0 Å². The van der Waals surface area contributed by atoms with Gasteiger partial charge in [0.25, 0.3) is 0 Å². The van der Waals surface area contributed by atoms with Crippen LogP contribution in [-0.4, -0.2) is 16.5 Å². The average Bonchev–Trinajstić information content (AvgIpc) is 2.30. The molecule has 2 atom stereocenters. The summed E-state index contributed by atoms with van der Waals surface area (Å²) in [5.41, 5.74) is 0.345. The molecule has 0 aromatic carbocycles. The van der Waals surface area contributed by atoms with Gasteiger partial charge in [-0.05, 0) is 18.8 Å². The lowest BCUT2D eigenvalue weighted by Crippen LogP contribution is -2.20. The summed E-state index contributed by atoms with van der Waals surface area (Å²) in [6.45, 7) is 8.60. The third kappa shape index (κ3) is 2.27. The van der Waals surface area contributed by atoms with Crippen LogP contribution in [0.15, 0.2) is 11.0 Å². The molecule has 1 rings (SSSR count). The van der Waals surface area contributed by atoms with Gasteiger partial charge in [-0.2, -0.15) is 0 Å². The quantitative estimate of drug-likeness (QED) is 0.679. The van der Waals surface area contributed by atoms with Crippen molar-refractivity contribution in [3.63, 3.8) is 0 Å². The van der Waals surface area contributed by atoms with Crippen molar-refractivity contribution in [3.05, 3.63) is 11.0 Å². The molecule has 0 aromatic rings. The number of hydrogen-bond acceptors (Lipinski definition) is 2. The lowest BCUT2D eigenvalue weighted by atomic mass is 9.90. The lowest BCUT2D eigenvalue weighted by molar-refractivity contribution is 0.240. The molecule has 0 saturated heterocycles. The number of allylic oxidation sites excluding steroid dienone is 1. The number of hydrogen-bond donors (Lipinski definition) is 1. The summed E-state index contributed by atoms with van der Waals surface area (Å²) < 4.78 is 0. The molecule has 1 N–H and O–H groups in total. The molecule has 12 heavy (non-hydrogen) atoms. The molecule has 1 aliphatic rings. The van der Waals surface area contributed by atoms with Crippen molar-refractivity contribution < 1.29 is 5.11 Å². The monoisotopic (exact) mass is 186 g/mol. The standard InChI is InChI=1S/C10H18OS/c1-7(11)8-5-6-9(12-8)10(2,3)4/h5,7,9,11H,6H2,1-4H3. The second kappa shape index (κ2) is 3.43. The molecule has 2 heteroatoms. The Kier molecular flexibility index (Phi) is 2.89. The highest BCUT2D eigenvalue weighted by atomic mass is 32.2. The molecule has 1 aliphatic heterocycles. The normalized spacial score (nSPS) is 27.1. The first-order chi connectivity index (χ1) is 5.41. The van der Waals surface area contributed by atoms with Gasteiger partial charge in [0, 0.05) is 10.2 Å². The molecule has 1 nitrogen and oxygen atoms in total. The molecule has 70 valence electrons. The lowest BCUT2D eigenvalue weighted by Gasteiger charge is -2.26. The van der Waals surface area contributed by atoms with Gasteiger partial charge in [0.05, 0.1) is 6.10 Å². The predicted molar refractivity (Wildman–Crippen MR) is 55.2 cm³/mol. The van der Waals surface area contributed by atoms with Crippen LogP contribution in [0.3, 0.4) is 0 Å². The maximum atomic E-state index is 9.35. The molecule has 2 unspecified atom stereocenters. The maximum absolute atomic E-state index is 9.35. The number of aliphatic hydroxyl groups is 1. The topological polar surface area (TPSA) is 20.2 Å². The number of aliphatic hydroxyl groups excluding tert-OH is 1. The third-order valence-electron chi connectivity index (χ3n) is 2.19. The van der Waals surface area contributed by atoms with Gasteiger partial charge in [0.2, 0.25) is 0 Å². The number of rotatable bonds is 1. The molecular formula is C10H18OS. The van der Waals surface area contributed by atoms with Gasteiger partial charge in [-0.15, -0.1) is 11.8 Å². The SMILES string of the molecule is CC(O)C1=CCC(C(C)(C)C)S1. The van der Waals surface area contributed by atoms with Crippen molar-refractivity contribution in [2.45, 2.75) is 45.5 Å². The Hall–Kier alpha value is 0.0500. The Balaban J connectivity index is 2.53. The zero-order valence-electron chi connectivity index (χ0n) is 8.29. The van der Waals surface area contributed by atoms with E-state index in [4.69, 9.17) is 0 Å². The smallest absolute Gasteiger partial charge is 0.0817 e. The second-order valence-electron chi connectivity index (χ2n) is 4.49. The van der Waals surface area contributed by atoms with Gasteiger partial charge >= 0.3 is 0 Å². The number of thioether (sulfide) groups is 1. The van der Waals surface area contributed by atoms with E-state index >= 15 is 0 Å². The van der Waals surface area contributed by atoms with E-state index in [2.05, 4.69) is 26.8 Å². The summed E-state index contributed by atoms with van der Waals surface area (Å²) in [6.07, 6.45) is 3.00. The summed E-state index contributed by atoms with van der Waals surface area (Å²) >= 11 is 1.84. The summed E-state index contributed by atoms with van der Waals surface area (Å²) in [4.78, 5) is 1.15. The molecule has 0 spiro atoms. The zero-order valence-corrected chi connectivity index (χ0v) is 9.11. The van der Waals surface area contributed by atoms with Crippen LogP contribution in [-0.2, 0) is 0 Å². The summed E-state index contributed by atoms with van der Waals surface area (Å²) in [6, 6.07) is 0. The van der Waals surface area contributed by atoms with Crippen molar-refractivity contribution >= 4 is 11.8 Å². The van der Waals surface area contributed by atoms with Crippen LogP contribution in [0.5, 0.6) is 0 Å². The fourth-order valence-corrected chi connectivity index (χ4v) is 2.55. The van der Waals surface area contributed by atoms with Crippen molar-refractivity contribution in [1.29, 1.82) is 0 Å². The summed E-state index contributed by atoms with van der Waals surface area (Å²) in [5.74, 6) is 0. The maximum Gasteiger partial charge on any atom is 0.0817 e. The van der Waals surface area contributed by atoms with E-state index in [9.17, 15) is 5.11 Å². The van der Waals surface area contributed by atoms with E-state index in [1.165, 1.54) is 0 Å². The highest BCUT2D eigenvalue weighted by Crippen LogP contribution is 2.43. The van der Waals surface area contributed by atoms with E-state index in [0.29, 0.717) is 10.7 Å². The molecule has 0 bridgehead atoms. The third-order valence-corrected chi connectivity index (χ3v) is 4.15. The highest BCUT2D eigenvalue weighted by molar-refractivity contribution is 8.04. The molecule has 0 aliphatic carbocycles. The Bertz CT molecular complexity index is 189. The minimum Gasteiger partial charge on any atom is -0.388 e. The van der Waals surface area contributed by atoms with Gasteiger partial charge < -0.3 is 5.11 Å². The van der Waals surface area contributed by atoms with E-state index in [1.807, 2.05) is 18.7 Å². The van der Waals surface area contributed by atoms with Crippen LogP contribution in [0.1, 0.15) is 34.1 Å². The van der Waals surface area contributed by atoms with E-state index < -0.39 is 0 Å². The molecule has 0 aromatic heterocycles. The largest absolute Gasteiger partial charge is 0.388 e. The van der Waals surface area contributed by atoms with Crippen LogP contribution >= 0.6 is 11.8 Å². The Morgan fingerprint density at radius 3 is 2.42 bits per heavy atom. The summed E-state index contributed by atoms with van der Waals surface area (Å²) in [7, 11) is 0. The minimum absolute atomic E-state index is 0.276. The molecule has 0 fully saturated rings. The predicted octanol–water partition coefficient (Wildman–Crippen LogP) is 2.80. The van der Waals surface area contributed by atoms with Gasteiger partial charge in [0.15, 0.2) is 0 Å². The second-order valence-corrected chi connectivity index (χ2v) is 5.77. The molecular weight excluding hydrogens is 168 g/mol.